The molecule has 1 atom stereocenters. The van der Waals surface area contributed by atoms with Gasteiger partial charge in [-0.1, -0.05) is 0 Å². The summed E-state index contributed by atoms with van der Waals surface area (Å²) in [6.45, 7) is 3.90. The lowest BCUT2D eigenvalue weighted by atomic mass is 10.0. The Hall–Kier alpha value is -1.13. The second-order valence-electron chi connectivity index (χ2n) is 3.91. The molecule has 1 fully saturated rings. The molecular weight excluding hydrogens is 209 g/mol. The van der Waals surface area contributed by atoms with Crippen LogP contribution in [-0.2, 0) is 4.74 Å². The normalized spacial score (nSPS) is 20.8. The van der Waals surface area contributed by atoms with E-state index in [1.807, 2.05) is 6.92 Å². The topological polar surface area (TPSA) is 30.5 Å². The molecule has 0 aromatic heterocycles. The zero-order valence-corrected chi connectivity index (χ0v) is 9.55. The van der Waals surface area contributed by atoms with Crippen molar-refractivity contribution in [2.24, 2.45) is 0 Å². The van der Waals surface area contributed by atoms with E-state index in [9.17, 15) is 4.39 Å². The highest BCUT2D eigenvalue weighted by atomic mass is 19.1. The summed E-state index contributed by atoms with van der Waals surface area (Å²) in [5.41, 5.74) is 1.36. The molecule has 0 amide bonds. The first-order chi connectivity index (χ1) is 7.72. The molecule has 1 saturated heterocycles. The van der Waals surface area contributed by atoms with Crippen LogP contribution in [0.25, 0.3) is 0 Å². The van der Waals surface area contributed by atoms with Crippen molar-refractivity contribution in [3.05, 3.63) is 29.1 Å². The maximum absolute atomic E-state index is 13.8. The summed E-state index contributed by atoms with van der Waals surface area (Å²) >= 11 is 0. The van der Waals surface area contributed by atoms with Crippen molar-refractivity contribution in [3.8, 4) is 5.75 Å². The van der Waals surface area contributed by atoms with Crippen LogP contribution in [0, 0.1) is 12.7 Å². The quantitative estimate of drug-likeness (QED) is 0.832. The molecule has 2 rings (SSSR count). The number of ether oxygens (including phenoxy) is 2. The van der Waals surface area contributed by atoms with E-state index in [1.165, 1.54) is 6.07 Å². The van der Waals surface area contributed by atoms with Crippen molar-refractivity contribution < 1.29 is 13.9 Å². The van der Waals surface area contributed by atoms with E-state index >= 15 is 0 Å². The van der Waals surface area contributed by atoms with E-state index in [2.05, 4.69) is 5.32 Å². The number of hydrogen-bond acceptors (Lipinski definition) is 3. The molecule has 0 spiro atoms. The lowest BCUT2D eigenvalue weighted by molar-refractivity contribution is 0.0254. The Morgan fingerprint density at radius 1 is 1.50 bits per heavy atom. The molecule has 0 aliphatic carbocycles. The van der Waals surface area contributed by atoms with E-state index in [0.29, 0.717) is 24.5 Å². The Morgan fingerprint density at radius 2 is 2.31 bits per heavy atom. The fourth-order valence-corrected chi connectivity index (χ4v) is 1.90. The van der Waals surface area contributed by atoms with Gasteiger partial charge in [-0.3, -0.25) is 0 Å². The van der Waals surface area contributed by atoms with Gasteiger partial charge in [0.2, 0.25) is 0 Å². The van der Waals surface area contributed by atoms with E-state index in [1.54, 1.807) is 13.2 Å². The summed E-state index contributed by atoms with van der Waals surface area (Å²) in [6, 6.07) is 3.22. The van der Waals surface area contributed by atoms with E-state index in [0.717, 1.165) is 12.1 Å². The molecule has 3 nitrogen and oxygen atoms in total. The van der Waals surface area contributed by atoms with Crippen LogP contribution in [-0.4, -0.2) is 26.8 Å². The molecule has 1 heterocycles. The molecule has 1 aliphatic rings. The minimum Gasteiger partial charge on any atom is -0.496 e. The fraction of sp³-hybridized carbons (Fsp3) is 0.500. The largest absolute Gasteiger partial charge is 0.496 e. The maximum Gasteiger partial charge on any atom is 0.129 e. The highest BCUT2D eigenvalue weighted by Crippen LogP contribution is 2.28. The molecule has 1 aromatic rings. The summed E-state index contributed by atoms with van der Waals surface area (Å²) in [4.78, 5) is 0. The lowest BCUT2D eigenvalue weighted by Gasteiger charge is -2.24. The molecule has 1 unspecified atom stereocenters. The molecule has 16 heavy (non-hydrogen) atoms. The smallest absolute Gasteiger partial charge is 0.129 e. The molecule has 88 valence electrons. The molecular formula is C12H16FNO2. The molecule has 0 bridgehead atoms. The van der Waals surface area contributed by atoms with Gasteiger partial charge in [-0.15, -0.1) is 0 Å². The van der Waals surface area contributed by atoms with Crippen LogP contribution in [0.15, 0.2) is 12.1 Å². The number of rotatable bonds is 2. The zero-order valence-electron chi connectivity index (χ0n) is 9.55. The Morgan fingerprint density at radius 3 is 2.94 bits per heavy atom. The minimum absolute atomic E-state index is 0.219. The first-order valence-electron chi connectivity index (χ1n) is 5.38. The third kappa shape index (κ3) is 2.18. The average Bonchev–Trinajstić information content (AvgIpc) is 2.30. The van der Waals surface area contributed by atoms with Gasteiger partial charge in [-0.2, -0.15) is 0 Å². The van der Waals surface area contributed by atoms with Gasteiger partial charge in [0.1, 0.15) is 11.6 Å². The Kier molecular flexibility index (Phi) is 3.41. The average molecular weight is 225 g/mol. The monoisotopic (exact) mass is 225 g/mol. The minimum atomic E-state index is -0.230. The second kappa shape index (κ2) is 4.80. The molecule has 4 heteroatoms. The SMILES string of the molecule is COc1cc(C2CNCCO2)c(F)cc1C. The molecule has 1 aromatic carbocycles. The molecule has 1 aliphatic heterocycles. The molecule has 0 radical (unpaired) electrons. The van der Waals surface area contributed by atoms with Gasteiger partial charge in [0.25, 0.3) is 0 Å². The number of benzene rings is 1. The highest BCUT2D eigenvalue weighted by molar-refractivity contribution is 5.38. The van der Waals surface area contributed by atoms with Gasteiger partial charge < -0.3 is 14.8 Å². The van der Waals surface area contributed by atoms with Gasteiger partial charge in [-0.05, 0) is 24.6 Å². The van der Waals surface area contributed by atoms with Gasteiger partial charge in [-0.25, -0.2) is 4.39 Å². The van der Waals surface area contributed by atoms with Crippen LogP contribution >= 0.6 is 0 Å². The van der Waals surface area contributed by atoms with E-state index < -0.39 is 0 Å². The Balaban J connectivity index is 2.31. The summed E-state index contributed by atoms with van der Waals surface area (Å²) in [6.07, 6.45) is -0.219. The summed E-state index contributed by atoms with van der Waals surface area (Å²) in [5, 5.41) is 3.18. The van der Waals surface area contributed by atoms with Crippen LogP contribution < -0.4 is 10.1 Å². The third-order valence-electron chi connectivity index (χ3n) is 2.79. The van der Waals surface area contributed by atoms with Crippen molar-refractivity contribution in [2.75, 3.05) is 26.8 Å². The van der Waals surface area contributed by atoms with Gasteiger partial charge in [0, 0.05) is 18.7 Å². The highest BCUT2D eigenvalue weighted by Gasteiger charge is 2.20. The first-order valence-corrected chi connectivity index (χ1v) is 5.38. The third-order valence-corrected chi connectivity index (χ3v) is 2.79. The lowest BCUT2D eigenvalue weighted by Crippen LogP contribution is -2.33. The first kappa shape index (κ1) is 11.4. The summed E-state index contributed by atoms with van der Waals surface area (Å²) < 4.78 is 24.5. The van der Waals surface area contributed by atoms with Crippen molar-refractivity contribution in [2.45, 2.75) is 13.0 Å². The summed E-state index contributed by atoms with van der Waals surface area (Å²) in [7, 11) is 1.59. The van der Waals surface area contributed by atoms with Crippen LogP contribution in [0.4, 0.5) is 4.39 Å². The predicted octanol–water partition coefficient (Wildman–Crippen LogP) is 1.80. The number of hydrogen-bond donors (Lipinski definition) is 1. The van der Waals surface area contributed by atoms with Crippen LogP contribution in [0.1, 0.15) is 17.2 Å². The number of aryl methyl sites for hydroxylation is 1. The predicted molar refractivity (Wildman–Crippen MR) is 59.3 cm³/mol. The Labute approximate surface area is 94.6 Å². The molecule has 1 N–H and O–H groups in total. The second-order valence-corrected chi connectivity index (χ2v) is 3.91. The fourth-order valence-electron chi connectivity index (χ4n) is 1.90. The van der Waals surface area contributed by atoms with Crippen LogP contribution in [0.3, 0.4) is 0 Å². The van der Waals surface area contributed by atoms with Crippen molar-refractivity contribution in [1.82, 2.24) is 5.32 Å². The van der Waals surface area contributed by atoms with Crippen molar-refractivity contribution in [3.63, 3.8) is 0 Å². The van der Waals surface area contributed by atoms with Crippen LogP contribution in [0.2, 0.25) is 0 Å². The standard InChI is InChI=1S/C12H16FNO2/c1-8-5-10(13)9(6-11(8)15-2)12-7-14-3-4-16-12/h5-6,12,14H,3-4,7H2,1-2H3. The van der Waals surface area contributed by atoms with Crippen LogP contribution in [0.5, 0.6) is 5.75 Å². The van der Waals surface area contributed by atoms with Gasteiger partial charge >= 0.3 is 0 Å². The number of morpholine rings is 1. The van der Waals surface area contributed by atoms with Crippen molar-refractivity contribution >= 4 is 0 Å². The maximum atomic E-state index is 13.8. The number of nitrogens with one attached hydrogen (secondary N) is 1. The van der Waals surface area contributed by atoms with E-state index in [-0.39, 0.29) is 11.9 Å². The zero-order chi connectivity index (χ0) is 11.5. The van der Waals surface area contributed by atoms with Crippen molar-refractivity contribution in [1.29, 1.82) is 0 Å². The van der Waals surface area contributed by atoms with Gasteiger partial charge in [0.05, 0.1) is 19.8 Å². The molecule has 0 saturated carbocycles. The Bertz CT molecular complexity index is 376. The summed E-state index contributed by atoms with van der Waals surface area (Å²) in [5.74, 6) is 0.470. The number of halogens is 1. The number of methoxy groups -OCH3 is 1. The van der Waals surface area contributed by atoms with Gasteiger partial charge in [0.15, 0.2) is 0 Å². The van der Waals surface area contributed by atoms with E-state index in [4.69, 9.17) is 9.47 Å².